The summed E-state index contributed by atoms with van der Waals surface area (Å²) in [6, 6.07) is 9.17. The Balaban J connectivity index is 1.50. The molecular formula is C21H23F3N4O. The van der Waals surface area contributed by atoms with Crippen LogP contribution in [0.25, 0.3) is 5.69 Å². The summed E-state index contributed by atoms with van der Waals surface area (Å²) in [5.74, 6) is 0.483. The number of H-pyrrole nitrogens is 1. The highest BCUT2D eigenvalue weighted by atomic mass is 19.4. The van der Waals surface area contributed by atoms with Gasteiger partial charge in [0.25, 0.3) is 0 Å². The first kappa shape index (κ1) is 19.7. The molecule has 8 heteroatoms. The number of nitrogens with one attached hydrogen (secondary N) is 1. The number of nitrogens with zero attached hydrogens (tertiary/aromatic N) is 3. The molecule has 154 valence electrons. The predicted molar refractivity (Wildman–Crippen MR) is 102 cm³/mol. The van der Waals surface area contributed by atoms with E-state index in [4.69, 9.17) is 0 Å². The minimum atomic E-state index is -4.21. The summed E-state index contributed by atoms with van der Waals surface area (Å²) in [5, 5.41) is 15.1. The lowest BCUT2D eigenvalue weighted by atomic mass is 9.92. The van der Waals surface area contributed by atoms with Gasteiger partial charge >= 0.3 is 6.18 Å². The summed E-state index contributed by atoms with van der Waals surface area (Å²) in [5.41, 5.74) is -0.230. The Hall–Kier alpha value is -2.61. The zero-order valence-corrected chi connectivity index (χ0v) is 16.3. The fourth-order valence-corrected chi connectivity index (χ4v) is 3.67. The molecule has 0 spiro atoms. The van der Waals surface area contributed by atoms with Gasteiger partial charge in [-0.15, -0.1) is 0 Å². The zero-order chi connectivity index (χ0) is 20.9. The Morgan fingerprint density at radius 1 is 1.21 bits per heavy atom. The van der Waals surface area contributed by atoms with Gasteiger partial charge in [0.05, 0.1) is 22.4 Å². The Morgan fingerprint density at radius 3 is 2.45 bits per heavy atom. The van der Waals surface area contributed by atoms with E-state index >= 15 is 0 Å². The topological polar surface area (TPSA) is 66.7 Å². The highest BCUT2D eigenvalue weighted by molar-refractivity contribution is 5.36. The number of rotatable bonds is 6. The Morgan fingerprint density at radius 2 is 1.90 bits per heavy atom. The van der Waals surface area contributed by atoms with Gasteiger partial charge < -0.3 is 10.1 Å². The molecule has 0 aliphatic heterocycles. The van der Waals surface area contributed by atoms with E-state index in [-0.39, 0.29) is 25.7 Å². The van der Waals surface area contributed by atoms with Crippen LogP contribution in [-0.4, -0.2) is 31.0 Å². The minimum absolute atomic E-state index is 0.112. The Kier molecular flexibility index (Phi) is 4.57. The molecule has 0 radical (unpaired) electrons. The van der Waals surface area contributed by atoms with Crippen molar-refractivity contribution in [1.29, 1.82) is 0 Å². The molecule has 1 fully saturated rings. The van der Waals surface area contributed by atoms with Crippen molar-refractivity contribution in [2.24, 2.45) is 5.41 Å². The van der Waals surface area contributed by atoms with Gasteiger partial charge in [0.1, 0.15) is 5.82 Å². The van der Waals surface area contributed by atoms with Crippen LogP contribution < -0.4 is 0 Å². The second kappa shape index (κ2) is 6.73. The molecule has 1 unspecified atom stereocenters. The molecule has 1 aromatic carbocycles. The van der Waals surface area contributed by atoms with Crippen molar-refractivity contribution in [2.45, 2.75) is 51.3 Å². The van der Waals surface area contributed by atoms with Crippen molar-refractivity contribution in [2.75, 3.05) is 0 Å². The SMILES string of the molecule is Cc1[nH]c(CC(C)(O)c2ccc(-n3cccn3)cc2)nc1CC1(C(F)(F)F)CC1. The number of alkyl halides is 3. The standard InChI is InChI=1S/C21H23F3N4O/c1-14-17(12-20(8-9-20)21(22,23)24)27-18(26-14)13-19(2,29)15-4-6-16(7-5-15)28-11-3-10-25-28/h3-7,10-11,29H,8-9,12-13H2,1-2H3,(H,26,27). The van der Waals surface area contributed by atoms with Gasteiger partial charge in [-0.05, 0) is 50.5 Å². The number of aromatic nitrogens is 4. The van der Waals surface area contributed by atoms with Gasteiger partial charge in [-0.25, -0.2) is 9.67 Å². The van der Waals surface area contributed by atoms with Crippen molar-refractivity contribution in [1.82, 2.24) is 19.7 Å². The molecule has 0 bridgehead atoms. The lowest BCUT2D eigenvalue weighted by Gasteiger charge is -2.23. The molecule has 1 atom stereocenters. The summed E-state index contributed by atoms with van der Waals surface area (Å²) in [6.45, 7) is 3.40. The Bertz CT molecular complexity index is 984. The molecule has 29 heavy (non-hydrogen) atoms. The van der Waals surface area contributed by atoms with E-state index in [0.29, 0.717) is 22.8 Å². The van der Waals surface area contributed by atoms with Gasteiger partial charge in [-0.2, -0.15) is 18.3 Å². The first-order valence-electron chi connectivity index (χ1n) is 9.54. The molecule has 3 aromatic rings. The van der Waals surface area contributed by atoms with E-state index in [2.05, 4.69) is 15.1 Å². The van der Waals surface area contributed by atoms with Gasteiger partial charge in [0.15, 0.2) is 0 Å². The van der Waals surface area contributed by atoms with Gasteiger partial charge in [-0.1, -0.05) is 12.1 Å². The zero-order valence-electron chi connectivity index (χ0n) is 16.3. The van der Waals surface area contributed by atoms with E-state index < -0.39 is 17.2 Å². The van der Waals surface area contributed by atoms with Crippen molar-refractivity contribution in [3.8, 4) is 5.69 Å². The highest BCUT2D eigenvalue weighted by Crippen LogP contribution is 2.59. The van der Waals surface area contributed by atoms with Gasteiger partial charge in [0, 0.05) is 30.9 Å². The van der Waals surface area contributed by atoms with Crippen molar-refractivity contribution < 1.29 is 18.3 Å². The summed E-state index contributed by atoms with van der Waals surface area (Å²) < 4.78 is 41.5. The van der Waals surface area contributed by atoms with Crippen molar-refractivity contribution in [3.05, 3.63) is 65.5 Å². The number of halogens is 3. The number of hydrogen-bond acceptors (Lipinski definition) is 3. The van der Waals surface area contributed by atoms with Crippen LogP contribution >= 0.6 is 0 Å². The average Bonchev–Trinajstić information content (AvgIpc) is 3.09. The van der Waals surface area contributed by atoms with E-state index in [1.807, 2.05) is 36.5 Å². The normalized spacial score (nSPS) is 17.9. The summed E-state index contributed by atoms with van der Waals surface area (Å²) >= 11 is 0. The molecule has 1 aliphatic carbocycles. The molecule has 5 nitrogen and oxygen atoms in total. The number of hydrogen-bond donors (Lipinski definition) is 2. The summed E-state index contributed by atoms with van der Waals surface area (Å²) in [4.78, 5) is 7.44. The van der Waals surface area contributed by atoms with Crippen LogP contribution in [0, 0.1) is 12.3 Å². The molecule has 1 aliphatic rings. The lowest BCUT2D eigenvalue weighted by Crippen LogP contribution is -2.27. The maximum atomic E-state index is 13.3. The third kappa shape index (κ3) is 3.81. The third-order valence-electron chi connectivity index (χ3n) is 5.77. The largest absolute Gasteiger partial charge is 0.394 e. The van der Waals surface area contributed by atoms with Crippen LogP contribution in [0.15, 0.2) is 42.7 Å². The highest BCUT2D eigenvalue weighted by Gasteiger charge is 2.63. The van der Waals surface area contributed by atoms with Crippen LogP contribution in [0.1, 0.15) is 42.5 Å². The number of aromatic amines is 1. The first-order chi connectivity index (χ1) is 13.6. The van der Waals surface area contributed by atoms with Crippen molar-refractivity contribution >= 4 is 0 Å². The number of benzene rings is 1. The van der Waals surface area contributed by atoms with E-state index in [1.54, 1.807) is 24.7 Å². The fraction of sp³-hybridized carbons (Fsp3) is 0.429. The average molecular weight is 404 g/mol. The van der Waals surface area contributed by atoms with Crippen LogP contribution in [0.2, 0.25) is 0 Å². The molecule has 1 saturated carbocycles. The predicted octanol–water partition coefficient (Wildman–Crippen LogP) is 4.24. The number of imidazole rings is 1. The summed E-state index contributed by atoms with van der Waals surface area (Å²) in [6.07, 6.45) is -0.329. The second-order valence-corrected chi connectivity index (χ2v) is 8.16. The first-order valence-corrected chi connectivity index (χ1v) is 9.54. The number of aliphatic hydroxyl groups is 1. The molecule has 4 rings (SSSR count). The minimum Gasteiger partial charge on any atom is -0.385 e. The lowest BCUT2D eigenvalue weighted by molar-refractivity contribution is -0.186. The molecular weight excluding hydrogens is 381 g/mol. The molecule has 0 saturated heterocycles. The second-order valence-electron chi connectivity index (χ2n) is 8.16. The van der Waals surface area contributed by atoms with E-state index in [1.165, 1.54) is 0 Å². The maximum Gasteiger partial charge on any atom is 0.394 e. The monoisotopic (exact) mass is 404 g/mol. The van der Waals surface area contributed by atoms with Gasteiger partial charge in [0.2, 0.25) is 0 Å². The van der Waals surface area contributed by atoms with Crippen LogP contribution in [0.4, 0.5) is 13.2 Å². The Labute approximate surface area is 166 Å². The maximum absolute atomic E-state index is 13.3. The van der Waals surface area contributed by atoms with E-state index in [9.17, 15) is 18.3 Å². The smallest absolute Gasteiger partial charge is 0.385 e. The quantitative estimate of drug-likeness (QED) is 0.646. The van der Waals surface area contributed by atoms with Crippen LogP contribution in [0.3, 0.4) is 0 Å². The molecule has 2 aromatic heterocycles. The van der Waals surface area contributed by atoms with Crippen molar-refractivity contribution in [3.63, 3.8) is 0 Å². The number of aryl methyl sites for hydroxylation is 1. The van der Waals surface area contributed by atoms with E-state index in [0.717, 1.165) is 5.69 Å². The molecule has 0 amide bonds. The molecule has 2 N–H and O–H groups in total. The van der Waals surface area contributed by atoms with Gasteiger partial charge in [-0.3, -0.25) is 0 Å². The van der Waals surface area contributed by atoms with Crippen LogP contribution in [-0.2, 0) is 18.4 Å². The summed E-state index contributed by atoms with van der Waals surface area (Å²) in [7, 11) is 0. The van der Waals surface area contributed by atoms with Crippen LogP contribution in [0.5, 0.6) is 0 Å². The molecule has 2 heterocycles. The third-order valence-corrected chi connectivity index (χ3v) is 5.77. The fourth-order valence-electron chi connectivity index (χ4n) is 3.67.